The van der Waals surface area contributed by atoms with Gasteiger partial charge in [0.25, 0.3) is 5.91 Å². The van der Waals surface area contributed by atoms with Gasteiger partial charge in [-0.3, -0.25) is 14.8 Å². The van der Waals surface area contributed by atoms with Crippen molar-refractivity contribution in [1.82, 2.24) is 15.5 Å². The van der Waals surface area contributed by atoms with Crippen LogP contribution in [0.15, 0.2) is 23.1 Å². The highest BCUT2D eigenvalue weighted by Crippen LogP contribution is 2.23. The maximum atomic E-state index is 12.7. The van der Waals surface area contributed by atoms with Crippen LogP contribution in [0.5, 0.6) is 0 Å². The third-order valence-corrected chi connectivity index (χ3v) is 6.10. The summed E-state index contributed by atoms with van der Waals surface area (Å²) in [6.07, 6.45) is 1.35. The van der Waals surface area contributed by atoms with Crippen LogP contribution in [0.3, 0.4) is 0 Å². The first-order valence-corrected chi connectivity index (χ1v) is 11.0. The van der Waals surface area contributed by atoms with Crippen molar-refractivity contribution in [1.29, 1.82) is 0 Å². The summed E-state index contributed by atoms with van der Waals surface area (Å²) in [5.74, 6) is -1.82. The number of carbonyl (C=O) groups is 2. The molecule has 158 valence electrons. The van der Waals surface area contributed by atoms with E-state index < -0.39 is 33.9 Å². The topological polar surface area (TPSA) is 125 Å². The molecule has 0 heterocycles. The van der Waals surface area contributed by atoms with E-state index in [1.807, 2.05) is 6.92 Å². The minimum absolute atomic E-state index is 0.139. The van der Waals surface area contributed by atoms with Gasteiger partial charge < -0.3 is 5.32 Å². The summed E-state index contributed by atoms with van der Waals surface area (Å²) >= 11 is 11.8. The van der Waals surface area contributed by atoms with Crippen LogP contribution in [0.4, 0.5) is 0 Å². The molecule has 0 aliphatic rings. The lowest BCUT2D eigenvalue weighted by Crippen LogP contribution is -2.55. The number of amides is 2. The summed E-state index contributed by atoms with van der Waals surface area (Å²) in [7, 11) is -4.11. The highest BCUT2D eigenvalue weighted by Gasteiger charge is 2.32. The first-order valence-electron chi connectivity index (χ1n) is 8.78. The molecule has 0 aliphatic carbocycles. The standard InChI is InChI=1S/C17H25Cl2N3O5S/c1-4-6-14(16(23)21-25)20-17(24)15(10(3)5-2)22-28(26,27)13-8-11(18)7-12(19)9-13/h7-10,14-15,22,25H,4-6H2,1-3H3,(H,20,24)(H,21,23)/t10-,14-,15-/m0/s1. The van der Waals surface area contributed by atoms with Gasteiger partial charge in [0.2, 0.25) is 15.9 Å². The summed E-state index contributed by atoms with van der Waals surface area (Å²) in [5.41, 5.74) is 1.50. The van der Waals surface area contributed by atoms with Crippen molar-refractivity contribution in [2.24, 2.45) is 5.92 Å². The zero-order valence-corrected chi connectivity index (χ0v) is 18.2. The summed E-state index contributed by atoms with van der Waals surface area (Å²) in [6, 6.07) is 1.71. The Morgan fingerprint density at radius 1 is 1.11 bits per heavy atom. The molecule has 11 heteroatoms. The van der Waals surface area contributed by atoms with E-state index in [-0.39, 0.29) is 27.3 Å². The van der Waals surface area contributed by atoms with E-state index in [9.17, 15) is 18.0 Å². The zero-order valence-electron chi connectivity index (χ0n) is 15.8. The lowest BCUT2D eigenvalue weighted by Gasteiger charge is -2.26. The minimum atomic E-state index is -4.11. The van der Waals surface area contributed by atoms with E-state index in [4.69, 9.17) is 28.4 Å². The third kappa shape index (κ3) is 6.89. The van der Waals surface area contributed by atoms with Gasteiger partial charge in [-0.2, -0.15) is 4.72 Å². The normalized spacial score (nSPS) is 14.8. The molecule has 28 heavy (non-hydrogen) atoms. The van der Waals surface area contributed by atoms with Crippen molar-refractivity contribution in [2.45, 2.75) is 57.0 Å². The first-order chi connectivity index (χ1) is 13.0. The molecule has 0 saturated heterocycles. The molecule has 0 spiro atoms. The molecule has 0 bridgehead atoms. The number of halogens is 2. The van der Waals surface area contributed by atoms with Gasteiger partial charge in [-0.05, 0) is 30.5 Å². The fourth-order valence-corrected chi connectivity index (χ4v) is 4.51. The highest BCUT2D eigenvalue weighted by atomic mass is 35.5. The van der Waals surface area contributed by atoms with Crippen LogP contribution in [-0.2, 0) is 19.6 Å². The molecule has 0 fully saturated rings. The number of hydroxylamine groups is 1. The molecule has 0 aromatic heterocycles. The van der Waals surface area contributed by atoms with Crippen molar-refractivity contribution >= 4 is 45.0 Å². The fourth-order valence-electron chi connectivity index (χ4n) is 2.48. The second-order valence-electron chi connectivity index (χ2n) is 6.42. The van der Waals surface area contributed by atoms with Crippen LogP contribution in [0.25, 0.3) is 0 Å². The molecule has 0 unspecified atom stereocenters. The van der Waals surface area contributed by atoms with Crippen LogP contribution < -0.4 is 15.5 Å². The van der Waals surface area contributed by atoms with Crippen molar-refractivity contribution in [3.05, 3.63) is 28.2 Å². The number of nitrogens with one attached hydrogen (secondary N) is 3. The molecule has 1 rings (SSSR count). The van der Waals surface area contributed by atoms with Crippen molar-refractivity contribution < 1.29 is 23.2 Å². The maximum Gasteiger partial charge on any atom is 0.265 e. The SMILES string of the molecule is CCC[C@H](NC(=O)[C@@H](NS(=O)(=O)c1cc(Cl)cc(Cl)c1)[C@@H](C)CC)C(=O)NO. The van der Waals surface area contributed by atoms with E-state index in [0.717, 1.165) is 0 Å². The van der Waals surface area contributed by atoms with E-state index in [1.54, 1.807) is 13.8 Å². The molecule has 4 N–H and O–H groups in total. The Kier molecular flexibility index (Phi) is 9.65. The number of hydrogen-bond acceptors (Lipinski definition) is 5. The third-order valence-electron chi connectivity index (χ3n) is 4.24. The Morgan fingerprint density at radius 2 is 1.68 bits per heavy atom. The quantitative estimate of drug-likeness (QED) is 0.319. The van der Waals surface area contributed by atoms with Gasteiger partial charge in [-0.1, -0.05) is 56.8 Å². The monoisotopic (exact) mass is 453 g/mol. The van der Waals surface area contributed by atoms with Crippen LogP contribution in [0.2, 0.25) is 10.0 Å². The second-order valence-corrected chi connectivity index (χ2v) is 9.00. The summed E-state index contributed by atoms with van der Waals surface area (Å²) in [6.45, 7) is 5.32. The lowest BCUT2D eigenvalue weighted by molar-refractivity contribution is -0.135. The Hall–Kier alpha value is -1.39. The van der Waals surface area contributed by atoms with E-state index in [1.165, 1.54) is 23.7 Å². The van der Waals surface area contributed by atoms with Gasteiger partial charge in [-0.15, -0.1) is 0 Å². The highest BCUT2D eigenvalue weighted by molar-refractivity contribution is 7.89. The van der Waals surface area contributed by atoms with Gasteiger partial charge in [0.15, 0.2) is 0 Å². The Labute approximate surface area is 175 Å². The molecular formula is C17H25Cl2N3O5S. The number of rotatable bonds is 10. The average Bonchev–Trinajstić information content (AvgIpc) is 2.63. The molecule has 1 aromatic carbocycles. The fraction of sp³-hybridized carbons (Fsp3) is 0.529. The molecule has 0 aliphatic heterocycles. The molecule has 0 radical (unpaired) electrons. The van der Waals surface area contributed by atoms with E-state index >= 15 is 0 Å². The predicted molar refractivity (Wildman–Crippen MR) is 107 cm³/mol. The van der Waals surface area contributed by atoms with Crippen molar-refractivity contribution in [3.8, 4) is 0 Å². The minimum Gasteiger partial charge on any atom is -0.343 e. The summed E-state index contributed by atoms with van der Waals surface area (Å²) in [5, 5.41) is 11.6. The van der Waals surface area contributed by atoms with Crippen LogP contribution in [0, 0.1) is 5.92 Å². The first kappa shape index (κ1) is 24.6. The predicted octanol–water partition coefficient (Wildman–Crippen LogP) is 2.48. The Balaban J connectivity index is 3.13. The van der Waals surface area contributed by atoms with E-state index in [0.29, 0.717) is 12.8 Å². The lowest BCUT2D eigenvalue weighted by atomic mass is 9.99. The van der Waals surface area contributed by atoms with Crippen LogP contribution in [-0.4, -0.2) is 37.5 Å². The number of benzene rings is 1. The molecular weight excluding hydrogens is 429 g/mol. The van der Waals surface area contributed by atoms with Crippen LogP contribution >= 0.6 is 23.2 Å². The van der Waals surface area contributed by atoms with Crippen molar-refractivity contribution in [2.75, 3.05) is 0 Å². The maximum absolute atomic E-state index is 12.7. The summed E-state index contributed by atoms with van der Waals surface area (Å²) in [4.78, 5) is 24.3. The summed E-state index contributed by atoms with van der Waals surface area (Å²) < 4.78 is 27.9. The molecule has 2 amide bonds. The smallest absolute Gasteiger partial charge is 0.265 e. The zero-order chi connectivity index (χ0) is 21.5. The second kappa shape index (κ2) is 11.0. The molecule has 3 atom stereocenters. The van der Waals surface area contributed by atoms with Crippen LogP contribution in [0.1, 0.15) is 40.0 Å². The van der Waals surface area contributed by atoms with Gasteiger partial charge in [0, 0.05) is 10.0 Å². The van der Waals surface area contributed by atoms with Crippen molar-refractivity contribution in [3.63, 3.8) is 0 Å². The molecule has 1 aromatic rings. The molecule has 8 nitrogen and oxygen atoms in total. The molecule has 0 saturated carbocycles. The average molecular weight is 454 g/mol. The number of carbonyl (C=O) groups excluding carboxylic acids is 2. The number of sulfonamides is 1. The van der Waals surface area contributed by atoms with Gasteiger partial charge in [-0.25, -0.2) is 13.9 Å². The van der Waals surface area contributed by atoms with E-state index in [2.05, 4.69) is 10.0 Å². The number of hydrogen-bond donors (Lipinski definition) is 4. The van der Waals surface area contributed by atoms with Gasteiger partial charge >= 0.3 is 0 Å². The van der Waals surface area contributed by atoms with Gasteiger partial charge in [0.1, 0.15) is 12.1 Å². The Bertz CT molecular complexity index is 784. The Morgan fingerprint density at radius 3 is 2.14 bits per heavy atom. The van der Waals surface area contributed by atoms with Gasteiger partial charge in [0.05, 0.1) is 4.90 Å². The largest absolute Gasteiger partial charge is 0.343 e.